The smallest absolute Gasteiger partial charge is 0.0259 e. The quantitative estimate of drug-likeness (QED) is 0.470. The largest absolute Gasteiger partial charge is 0.0883 e. The molecule has 88 valence electrons. The van der Waals surface area contributed by atoms with Gasteiger partial charge in [0, 0.05) is 0 Å². The monoisotopic (exact) mass is 208 g/mol. The first-order valence-corrected chi connectivity index (χ1v) is 6.62. The van der Waals surface area contributed by atoms with E-state index >= 15 is 0 Å². The van der Waals surface area contributed by atoms with Crippen molar-refractivity contribution in [2.75, 3.05) is 0 Å². The van der Waals surface area contributed by atoms with Gasteiger partial charge in [0.15, 0.2) is 0 Å². The highest BCUT2D eigenvalue weighted by molar-refractivity contribution is 4.93. The molecule has 15 heavy (non-hydrogen) atoms. The van der Waals surface area contributed by atoms with Crippen molar-refractivity contribution in [2.45, 2.75) is 59.8 Å². The summed E-state index contributed by atoms with van der Waals surface area (Å²) in [5.74, 6) is 1.72. The minimum atomic E-state index is 0.855. The van der Waals surface area contributed by atoms with E-state index in [4.69, 9.17) is 0 Å². The molecule has 0 amide bonds. The van der Waals surface area contributed by atoms with Crippen LogP contribution in [0.2, 0.25) is 0 Å². The Kier molecular flexibility index (Phi) is 9.67. The molecule has 0 spiro atoms. The van der Waals surface area contributed by atoms with Crippen molar-refractivity contribution in [3.8, 4) is 0 Å². The van der Waals surface area contributed by atoms with E-state index in [-0.39, 0.29) is 0 Å². The molecule has 0 bridgehead atoms. The molecule has 2 atom stereocenters. The highest BCUT2D eigenvalue weighted by Crippen LogP contribution is 2.15. The summed E-state index contributed by atoms with van der Waals surface area (Å²) in [6.07, 6.45) is 15.9. The lowest BCUT2D eigenvalue weighted by Gasteiger charge is -2.08. The predicted octanol–water partition coefficient (Wildman–Crippen LogP) is 5.36. The Morgan fingerprint density at radius 1 is 0.800 bits per heavy atom. The van der Waals surface area contributed by atoms with Crippen molar-refractivity contribution in [2.24, 2.45) is 11.8 Å². The van der Waals surface area contributed by atoms with Crippen LogP contribution in [0.15, 0.2) is 24.3 Å². The molecule has 0 heteroatoms. The van der Waals surface area contributed by atoms with E-state index < -0.39 is 0 Å². The lowest BCUT2D eigenvalue weighted by atomic mass is 9.98. The average molecular weight is 208 g/mol. The molecule has 0 nitrogen and oxygen atoms in total. The van der Waals surface area contributed by atoms with Crippen molar-refractivity contribution >= 4 is 0 Å². The predicted molar refractivity (Wildman–Crippen MR) is 71.0 cm³/mol. The highest BCUT2D eigenvalue weighted by atomic mass is 14.1. The van der Waals surface area contributed by atoms with Crippen LogP contribution in [0.25, 0.3) is 0 Å². The van der Waals surface area contributed by atoms with E-state index in [1.165, 1.54) is 32.1 Å². The second kappa shape index (κ2) is 10.0. The van der Waals surface area contributed by atoms with E-state index in [9.17, 15) is 0 Å². The first-order chi connectivity index (χ1) is 7.29. The maximum absolute atomic E-state index is 2.31. The van der Waals surface area contributed by atoms with Gasteiger partial charge in [0.2, 0.25) is 0 Å². The second-order valence-electron chi connectivity index (χ2n) is 4.32. The van der Waals surface area contributed by atoms with Crippen molar-refractivity contribution < 1.29 is 0 Å². The van der Waals surface area contributed by atoms with Gasteiger partial charge in [-0.3, -0.25) is 0 Å². The zero-order chi connectivity index (χ0) is 11.5. The van der Waals surface area contributed by atoms with Crippen molar-refractivity contribution in [1.82, 2.24) is 0 Å². The third kappa shape index (κ3) is 8.47. The molecule has 0 aromatic carbocycles. The second-order valence-corrected chi connectivity index (χ2v) is 4.32. The molecule has 0 aromatic heterocycles. The van der Waals surface area contributed by atoms with E-state index in [2.05, 4.69) is 38.2 Å². The Labute approximate surface area is 96.5 Å². The fraction of sp³-hybridized carbons (Fsp3) is 0.733. The normalized spacial score (nSPS) is 27.5. The Morgan fingerprint density at radius 2 is 1.33 bits per heavy atom. The van der Waals surface area contributed by atoms with Crippen LogP contribution in [0.1, 0.15) is 59.8 Å². The van der Waals surface area contributed by atoms with Gasteiger partial charge in [-0.2, -0.15) is 0 Å². The van der Waals surface area contributed by atoms with Crippen LogP contribution in [0.4, 0.5) is 0 Å². The zero-order valence-electron chi connectivity index (χ0n) is 11.0. The molecular weight excluding hydrogens is 180 g/mol. The van der Waals surface area contributed by atoms with Gasteiger partial charge in [0.25, 0.3) is 0 Å². The van der Waals surface area contributed by atoms with E-state index in [0.717, 1.165) is 11.8 Å². The summed E-state index contributed by atoms with van der Waals surface area (Å²) in [6.45, 7) is 8.53. The molecule has 2 unspecified atom stereocenters. The van der Waals surface area contributed by atoms with E-state index in [0.29, 0.717) is 0 Å². The summed E-state index contributed by atoms with van der Waals surface area (Å²) >= 11 is 0. The summed E-state index contributed by atoms with van der Waals surface area (Å²) < 4.78 is 0. The van der Waals surface area contributed by atoms with Gasteiger partial charge in [-0.05, 0) is 43.9 Å². The van der Waals surface area contributed by atoms with Crippen LogP contribution in [0.3, 0.4) is 0 Å². The fourth-order valence-corrected chi connectivity index (χ4v) is 1.77. The molecule has 0 aromatic rings. The van der Waals surface area contributed by atoms with Crippen molar-refractivity contribution in [1.29, 1.82) is 0 Å². The summed E-state index contributed by atoms with van der Waals surface area (Å²) in [5, 5.41) is 0. The molecule has 0 radical (unpaired) electrons. The van der Waals surface area contributed by atoms with Gasteiger partial charge < -0.3 is 0 Å². The molecule has 0 aliphatic heterocycles. The molecule has 0 heterocycles. The minimum Gasteiger partial charge on any atom is -0.0883 e. The fourth-order valence-electron chi connectivity index (χ4n) is 1.77. The number of rotatable bonds is 0. The lowest BCUT2D eigenvalue weighted by Crippen LogP contribution is -1.92. The van der Waals surface area contributed by atoms with Crippen molar-refractivity contribution in [3.05, 3.63) is 24.3 Å². The minimum absolute atomic E-state index is 0.855. The first kappa shape index (κ1) is 14.5. The average Bonchev–Trinajstić information content (AvgIpc) is 2.74. The molecular formula is C15H28. The summed E-state index contributed by atoms with van der Waals surface area (Å²) in [5.41, 5.74) is 0. The van der Waals surface area contributed by atoms with Crippen molar-refractivity contribution in [3.63, 3.8) is 0 Å². The Balaban J connectivity index is 0.000000227. The Hall–Kier alpha value is -0.520. The van der Waals surface area contributed by atoms with Crippen LogP contribution in [0.5, 0.6) is 0 Å². The molecule has 2 rings (SSSR count). The molecule has 0 saturated heterocycles. The van der Waals surface area contributed by atoms with E-state index in [1.54, 1.807) is 0 Å². The maximum Gasteiger partial charge on any atom is -0.0259 e. The zero-order valence-corrected chi connectivity index (χ0v) is 11.0. The number of hydrogen-bond acceptors (Lipinski definition) is 0. The van der Waals surface area contributed by atoms with Gasteiger partial charge in [-0.15, -0.1) is 0 Å². The molecule has 0 N–H and O–H groups in total. The standard InChI is InChI=1S/C7H12.C6H10.C2H6/c1-7-5-3-2-4-6-7;1-6-4-2-3-5-6;1-2/h3,5,7H,2,4,6H2,1H3;2,4,6H,3,5H2,1H3;1-2H3. The van der Waals surface area contributed by atoms with Gasteiger partial charge in [0.05, 0.1) is 0 Å². The van der Waals surface area contributed by atoms with Crippen LogP contribution < -0.4 is 0 Å². The third-order valence-corrected chi connectivity index (χ3v) is 2.75. The lowest BCUT2D eigenvalue weighted by molar-refractivity contribution is 0.584. The molecule has 2 aliphatic rings. The van der Waals surface area contributed by atoms with Crippen LogP contribution >= 0.6 is 0 Å². The molecule has 0 fully saturated rings. The number of allylic oxidation sites excluding steroid dienone is 4. The highest BCUT2D eigenvalue weighted by Gasteiger charge is 1.99. The number of hydrogen-bond donors (Lipinski definition) is 0. The van der Waals surface area contributed by atoms with Crippen LogP contribution in [-0.2, 0) is 0 Å². The van der Waals surface area contributed by atoms with Crippen LogP contribution in [-0.4, -0.2) is 0 Å². The summed E-state index contributed by atoms with van der Waals surface area (Å²) in [7, 11) is 0. The van der Waals surface area contributed by atoms with Gasteiger partial charge in [-0.1, -0.05) is 52.0 Å². The maximum atomic E-state index is 2.31. The topological polar surface area (TPSA) is 0 Å². The molecule has 2 aliphatic carbocycles. The molecule has 0 saturated carbocycles. The summed E-state index contributed by atoms with van der Waals surface area (Å²) in [4.78, 5) is 0. The SMILES string of the molecule is CC.CC1C=CCC1.CC1C=CCCC1. The Morgan fingerprint density at radius 3 is 1.53 bits per heavy atom. The Bertz CT molecular complexity index is 176. The van der Waals surface area contributed by atoms with Gasteiger partial charge in [0.1, 0.15) is 0 Å². The first-order valence-electron chi connectivity index (χ1n) is 6.62. The van der Waals surface area contributed by atoms with Gasteiger partial charge in [-0.25, -0.2) is 0 Å². The third-order valence-electron chi connectivity index (χ3n) is 2.75. The summed E-state index contributed by atoms with van der Waals surface area (Å²) in [6, 6.07) is 0. The van der Waals surface area contributed by atoms with Crippen LogP contribution in [0, 0.1) is 11.8 Å². The van der Waals surface area contributed by atoms with Gasteiger partial charge >= 0.3 is 0 Å². The van der Waals surface area contributed by atoms with E-state index in [1.807, 2.05) is 13.8 Å².